The molecule has 124 valence electrons. The van der Waals surface area contributed by atoms with Gasteiger partial charge in [-0.1, -0.05) is 27.7 Å². The maximum atomic E-state index is 12.3. The second-order valence-corrected chi connectivity index (χ2v) is 8.57. The SMILES string of the molecule is C[C@H](C(=O)OCOC1C2CC3CC(C2)C(=O)C1C3)C(C)(C)C. The van der Waals surface area contributed by atoms with Crippen molar-refractivity contribution in [3.8, 4) is 0 Å². The number of hydrogen-bond acceptors (Lipinski definition) is 4. The summed E-state index contributed by atoms with van der Waals surface area (Å²) in [5, 5.41) is 0. The molecule has 0 aromatic carbocycles. The Labute approximate surface area is 132 Å². The molecule has 0 radical (unpaired) electrons. The summed E-state index contributed by atoms with van der Waals surface area (Å²) in [7, 11) is 0. The lowest BCUT2D eigenvalue weighted by atomic mass is 9.54. The molecular weight excluding hydrogens is 280 g/mol. The molecule has 0 aromatic rings. The van der Waals surface area contributed by atoms with Crippen molar-refractivity contribution in [2.45, 2.75) is 59.5 Å². The molecule has 22 heavy (non-hydrogen) atoms. The topological polar surface area (TPSA) is 52.6 Å². The van der Waals surface area contributed by atoms with Crippen LogP contribution >= 0.6 is 0 Å². The summed E-state index contributed by atoms with van der Waals surface area (Å²) >= 11 is 0. The standard InChI is InChI=1S/C18H28O4/c1-10(18(2,3)4)17(20)22-9-21-16-13-6-11-5-12(8-13)15(19)14(16)7-11/h10-14,16H,5-9H2,1-4H3/t10-,11?,12?,13?,14?,16?/m1/s1. The molecule has 0 heterocycles. The third-order valence-electron chi connectivity index (χ3n) is 6.17. The van der Waals surface area contributed by atoms with E-state index in [-0.39, 0.29) is 42.0 Å². The van der Waals surface area contributed by atoms with Gasteiger partial charge >= 0.3 is 5.97 Å². The van der Waals surface area contributed by atoms with E-state index in [0.717, 1.165) is 25.2 Å². The first-order valence-corrected chi connectivity index (χ1v) is 8.59. The maximum absolute atomic E-state index is 12.3. The van der Waals surface area contributed by atoms with Gasteiger partial charge in [-0.3, -0.25) is 9.59 Å². The van der Waals surface area contributed by atoms with E-state index in [2.05, 4.69) is 0 Å². The van der Waals surface area contributed by atoms with Crippen LogP contribution in [0.4, 0.5) is 0 Å². The van der Waals surface area contributed by atoms with Crippen LogP contribution in [0.2, 0.25) is 0 Å². The average Bonchev–Trinajstić information content (AvgIpc) is 2.44. The van der Waals surface area contributed by atoms with Crippen molar-refractivity contribution in [3.05, 3.63) is 0 Å². The lowest BCUT2D eigenvalue weighted by Gasteiger charge is -2.52. The molecule has 6 atom stereocenters. The van der Waals surface area contributed by atoms with Gasteiger partial charge in [0.05, 0.1) is 12.0 Å². The van der Waals surface area contributed by atoms with E-state index < -0.39 is 0 Å². The number of esters is 1. The Morgan fingerprint density at radius 3 is 2.64 bits per heavy atom. The van der Waals surface area contributed by atoms with Crippen LogP contribution < -0.4 is 0 Å². The zero-order valence-electron chi connectivity index (χ0n) is 14.1. The van der Waals surface area contributed by atoms with Crippen LogP contribution in [0.1, 0.15) is 53.4 Å². The minimum atomic E-state index is -0.220. The lowest BCUT2D eigenvalue weighted by molar-refractivity contribution is -0.192. The average molecular weight is 308 g/mol. The van der Waals surface area contributed by atoms with Gasteiger partial charge in [-0.2, -0.15) is 0 Å². The molecule has 5 unspecified atom stereocenters. The van der Waals surface area contributed by atoms with Crippen LogP contribution in [0.15, 0.2) is 0 Å². The molecule has 4 nitrogen and oxygen atoms in total. The summed E-state index contributed by atoms with van der Waals surface area (Å²) in [4.78, 5) is 24.4. The quantitative estimate of drug-likeness (QED) is 0.591. The third kappa shape index (κ3) is 2.82. The van der Waals surface area contributed by atoms with Crippen molar-refractivity contribution in [1.82, 2.24) is 0 Å². The number of hydrogen-bond donors (Lipinski definition) is 0. The normalized spacial score (nSPS) is 38.2. The van der Waals surface area contributed by atoms with Crippen LogP contribution in [-0.4, -0.2) is 24.6 Å². The first kappa shape index (κ1) is 16.0. The van der Waals surface area contributed by atoms with Crippen molar-refractivity contribution in [2.24, 2.45) is 35.0 Å². The van der Waals surface area contributed by atoms with Crippen LogP contribution in [0.5, 0.6) is 0 Å². The minimum absolute atomic E-state index is 0.0144. The van der Waals surface area contributed by atoms with Gasteiger partial charge in [0, 0.05) is 11.8 Å². The van der Waals surface area contributed by atoms with Gasteiger partial charge in [-0.15, -0.1) is 0 Å². The maximum Gasteiger partial charge on any atom is 0.311 e. The van der Waals surface area contributed by atoms with Gasteiger partial charge in [-0.05, 0) is 42.9 Å². The molecule has 4 aliphatic carbocycles. The van der Waals surface area contributed by atoms with Gasteiger partial charge < -0.3 is 9.47 Å². The number of carbonyl (C=O) groups is 2. The Morgan fingerprint density at radius 2 is 1.95 bits per heavy atom. The van der Waals surface area contributed by atoms with Gasteiger partial charge in [0.25, 0.3) is 0 Å². The predicted octanol–water partition coefficient (Wildman–Crippen LogP) is 3.19. The van der Waals surface area contributed by atoms with E-state index in [1.165, 1.54) is 6.42 Å². The summed E-state index contributed by atoms with van der Waals surface area (Å²) in [5.74, 6) is 1.54. The fourth-order valence-corrected chi connectivity index (χ4v) is 4.48. The molecule has 4 rings (SSSR count). The minimum Gasteiger partial charge on any atom is -0.438 e. The summed E-state index contributed by atoms with van der Waals surface area (Å²) in [5.41, 5.74) is -0.115. The van der Waals surface area contributed by atoms with Crippen LogP contribution in [-0.2, 0) is 19.1 Å². The molecule has 4 heteroatoms. The van der Waals surface area contributed by atoms with E-state index in [9.17, 15) is 9.59 Å². The van der Waals surface area contributed by atoms with Crippen LogP contribution in [0.3, 0.4) is 0 Å². The first-order chi connectivity index (χ1) is 10.3. The number of ether oxygens (including phenoxy) is 2. The fourth-order valence-electron chi connectivity index (χ4n) is 4.48. The van der Waals surface area contributed by atoms with E-state index >= 15 is 0 Å². The number of rotatable bonds is 4. The first-order valence-electron chi connectivity index (χ1n) is 8.59. The zero-order valence-corrected chi connectivity index (χ0v) is 14.1. The zero-order chi connectivity index (χ0) is 16.1. The molecule has 0 amide bonds. The van der Waals surface area contributed by atoms with Gasteiger partial charge in [-0.25, -0.2) is 0 Å². The second kappa shape index (κ2) is 5.63. The highest BCUT2D eigenvalue weighted by Crippen LogP contribution is 2.52. The van der Waals surface area contributed by atoms with E-state index in [0.29, 0.717) is 11.7 Å². The summed E-state index contributed by atoms with van der Waals surface area (Å²) in [6, 6.07) is 0. The highest BCUT2D eigenvalue weighted by molar-refractivity contribution is 5.86. The highest BCUT2D eigenvalue weighted by Gasteiger charge is 2.53. The van der Waals surface area contributed by atoms with Crippen molar-refractivity contribution >= 4 is 11.8 Å². The van der Waals surface area contributed by atoms with Gasteiger partial charge in [0.15, 0.2) is 6.79 Å². The Bertz CT molecular complexity index is 464. The van der Waals surface area contributed by atoms with Gasteiger partial charge in [0.2, 0.25) is 0 Å². The second-order valence-electron chi connectivity index (χ2n) is 8.57. The lowest BCUT2D eigenvalue weighted by Crippen LogP contribution is -2.55. The monoisotopic (exact) mass is 308 g/mol. The summed E-state index contributed by atoms with van der Waals surface area (Å²) in [6.07, 6.45) is 4.19. The smallest absolute Gasteiger partial charge is 0.311 e. The number of ketones is 1. The molecule has 0 spiro atoms. The Kier molecular flexibility index (Phi) is 4.09. The Hall–Kier alpha value is -0.900. The van der Waals surface area contributed by atoms with Crippen molar-refractivity contribution < 1.29 is 19.1 Å². The number of carbonyl (C=O) groups excluding carboxylic acids is 2. The summed E-state index contributed by atoms with van der Waals surface area (Å²) in [6.45, 7) is 7.94. The molecule has 0 saturated heterocycles. The molecule has 4 fully saturated rings. The van der Waals surface area contributed by atoms with Crippen molar-refractivity contribution in [2.75, 3.05) is 6.79 Å². The Balaban J connectivity index is 1.52. The molecule has 0 aliphatic heterocycles. The third-order valence-corrected chi connectivity index (χ3v) is 6.17. The van der Waals surface area contributed by atoms with Crippen molar-refractivity contribution in [1.29, 1.82) is 0 Å². The predicted molar refractivity (Wildman–Crippen MR) is 81.9 cm³/mol. The van der Waals surface area contributed by atoms with Crippen molar-refractivity contribution in [3.63, 3.8) is 0 Å². The molecule has 4 saturated carbocycles. The van der Waals surface area contributed by atoms with Crippen LogP contribution in [0, 0.1) is 35.0 Å². The summed E-state index contributed by atoms with van der Waals surface area (Å²) < 4.78 is 11.2. The van der Waals surface area contributed by atoms with E-state index in [4.69, 9.17) is 9.47 Å². The van der Waals surface area contributed by atoms with Gasteiger partial charge in [0.1, 0.15) is 5.78 Å². The van der Waals surface area contributed by atoms with Crippen LogP contribution in [0.25, 0.3) is 0 Å². The number of Topliss-reactive ketones (excluding diaryl/α,β-unsaturated/α-hetero) is 1. The van der Waals surface area contributed by atoms with E-state index in [1.807, 2.05) is 27.7 Å². The molecule has 0 aromatic heterocycles. The Morgan fingerprint density at radius 1 is 1.23 bits per heavy atom. The molecule has 4 aliphatic rings. The largest absolute Gasteiger partial charge is 0.438 e. The van der Waals surface area contributed by atoms with E-state index in [1.54, 1.807) is 0 Å². The highest BCUT2D eigenvalue weighted by atomic mass is 16.7. The molecule has 0 N–H and O–H groups in total. The molecular formula is C18H28O4. The molecule has 4 bridgehead atoms. The fraction of sp³-hybridized carbons (Fsp3) is 0.889.